The van der Waals surface area contributed by atoms with E-state index in [1.165, 1.54) is 6.20 Å². The zero-order valence-corrected chi connectivity index (χ0v) is 9.49. The Kier molecular flexibility index (Phi) is 4.14. The van der Waals surface area contributed by atoms with Gasteiger partial charge < -0.3 is 4.74 Å². The zero-order chi connectivity index (χ0) is 13.1. The van der Waals surface area contributed by atoms with Crippen molar-refractivity contribution >= 4 is 5.97 Å². The van der Waals surface area contributed by atoms with Gasteiger partial charge in [0, 0.05) is 6.20 Å². The van der Waals surface area contributed by atoms with Gasteiger partial charge in [0.1, 0.15) is 0 Å². The zero-order valence-electron chi connectivity index (χ0n) is 9.49. The van der Waals surface area contributed by atoms with Crippen LogP contribution in [0.1, 0.15) is 32.0 Å². The van der Waals surface area contributed by atoms with Gasteiger partial charge in [-0.15, -0.1) is 0 Å². The maximum absolute atomic E-state index is 12.3. The van der Waals surface area contributed by atoms with Crippen LogP contribution in [0.15, 0.2) is 12.3 Å². The van der Waals surface area contributed by atoms with Crippen LogP contribution in [-0.2, 0) is 15.7 Å². The molecule has 0 unspecified atom stereocenters. The number of hydrogen-bond donors (Lipinski definition) is 0. The van der Waals surface area contributed by atoms with Gasteiger partial charge in [-0.2, -0.15) is 18.3 Å². The van der Waals surface area contributed by atoms with Crippen LogP contribution in [0.2, 0.25) is 0 Å². The largest absolute Gasteiger partial charge is 0.466 e. The van der Waals surface area contributed by atoms with Gasteiger partial charge >= 0.3 is 12.1 Å². The van der Waals surface area contributed by atoms with Gasteiger partial charge in [-0.05, 0) is 19.9 Å². The molecule has 0 aromatic carbocycles. The number of hydrogen-bond acceptors (Lipinski definition) is 3. The minimum atomic E-state index is -4.46. The third-order valence-electron chi connectivity index (χ3n) is 2.12. The SMILES string of the molecule is CCOC(=O)C[C@H](C)n1ccc(C(F)(F)F)n1. The molecule has 0 amide bonds. The first-order chi connectivity index (χ1) is 7.84. The third-order valence-corrected chi connectivity index (χ3v) is 2.12. The Bertz CT molecular complexity index is 387. The molecule has 0 spiro atoms. The van der Waals surface area contributed by atoms with E-state index in [2.05, 4.69) is 5.10 Å². The fraction of sp³-hybridized carbons (Fsp3) is 0.600. The summed E-state index contributed by atoms with van der Waals surface area (Å²) in [6.07, 6.45) is -3.27. The second-order valence-electron chi connectivity index (χ2n) is 3.54. The van der Waals surface area contributed by atoms with Gasteiger partial charge in [0.05, 0.1) is 19.1 Å². The van der Waals surface area contributed by atoms with E-state index < -0.39 is 23.9 Å². The highest BCUT2D eigenvalue weighted by molar-refractivity contribution is 5.69. The van der Waals surface area contributed by atoms with Crippen molar-refractivity contribution in [1.29, 1.82) is 0 Å². The Morgan fingerprint density at radius 3 is 2.71 bits per heavy atom. The van der Waals surface area contributed by atoms with Crippen molar-refractivity contribution in [3.8, 4) is 0 Å². The number of halogens is 3. The van der Waals surface area contributed by atoms with Crippen molar-refractivity contribution in [3.63, 3.8) is 0 Å². The average Bonchev–Trinajstić information content (AvgIpc) is 2.65. The molecule has 1 aromatic rings. The lowest BCUT2D eigenvalue weighted by Gasteiger charge is -2.11. The Hall–Kier alpha value is -1.53. The first kappa shape index (κ1) is 13.5. The second kappa shape index (κ2) is 5.20. The number of alkyl halides is 3. The molecule has 0 aliphatic carbocycles. The van der Waals surface area contributed by atoms with Crippen molar-refractivity contribution < 1.29 is 22.7 Å². The molecule has 0 bridgehead atoms. The van der Waals surface area contributed by atoms with Crippen molar-refractivity contribution in [2.75, 3.05) is 6.61 Å². The first-order valence-electron chi connectivity index (χ1n) is 5.12. The minimum Gasteiger partial charge on any atom is -0.466 e. The third kappa shape index (κ3) is 3.76. The number of nitrogens with zero attached hydrogens (tertiary/aromatic N) is 2. The van der Waals surface area contributed by atoms with Crippen LogP contribution >= 0.6 is 0 Å². The van der Waals surface area contributed by atoms with E-state index in [0.717, 1.165) is 10.7 Å². The Labute approximate surface area is 96.4 Å². The van der Waals surface area contributed by atoms with E-state index in [4.69, 9.17) is 4.74 Å². The molecule has 1 rings (SSSR count). The van der Waals surface area contributed by atoms with E-state index in [1.807, 2.05) is 0 Å². The highest BCUT2D eigenvalue weighted by Gasteiger charge is 2.33. The van der Waals surface area contributed by atoms with Crippen molar-refractivity contribution in [2.45, 2.75) is 32.5 Å². The summed E-state index contributed by atoms with van der Waals surface area (Å²) in [6.45, 7) is 3.51. The Morgan fingerprint density at radius 1 is 1.59 bits per heavy atom. The van der Waals surface area contributed by atoms with E-state index in [1.54, 1.807) is 13.8 Å². The van der Waals surface area contributed by atoms with Gasteiger partial charge in [-0.25, -0.2) is 0 Å². The first-order valence-corrected chi connectivity index (χ1v) is 5.12. The summed E-state index contributed by atoms with van der Waals surface area (Å²) in [5.41, 5.74) is -0.965. The Morgan fingerprint density at radius 2 is 2.24 bits per heavy atom. The predicted octanol–water partition coefficient (Wildman–Crippen LogP) is 2.42. The van der Waals surface area contributed by atoms with Crippen molar-refractivity contribution in [2.24, 2.45) is 0 Å². The van der Waals surface area contributed by atoms with E-state index >= 15 is 0 Å². The smallest absolute Gasteiger partial charge is 0.435 e. The van der Waals surface area contributed by atoms with Gasteiger partial charge in [-0.1, -0.05) is 0 Å². The molecular weight excluding hydrogens is 237 g/mol. The van der Waals surface area contributed by atoms with Gasteiger partial charge in [-0.3, -0.25) is 9.48 Å². The summed E-state index contributed by atoms with van der Waals surface area (Å²) >= 11 is 0. The molecular formula is C10H13F3N2O2. The number of rotatable bonds is 4. The molecule has 4 nitrogen and oxygen atoms in total. The molecule has 7 heteroatoms. The quantitative estimate of drug-likeness (QED) is 0.771. The molecule has 1 atom stereocenters. The molecule has 0 fully saturated rings. The predicted molar refractivity (Wildman–Crippen MR) is 53.2 cm³/mol. The summed E-state index contributed by atoms with van der Waals surface area (Å²) in [4.78, 5) is 11.1. The van der Waals surface area contributed by atoms with Gasteiger partial charge in [0.15, 0.2) is 5.69 Å². The van der Waals surface area contributed by atoms with Crippen LogP contribution in [0.3, 0.4) is 0 Å². The topological polar surface area (TPSA) is 44.1 Å². The highest BCUT2D eigenvalue weighted by atomic mass is 19.4. The molecule has 17 heavy (non-hydrogen) atoms. The van der Waals surface area contributed by atoms with Crippen LogP contribution in [0, 0.1) is 0 Å². The number of aromatic nitrogens is 2. The standard InChI is InChI=1S/C10H13F3N2O2/c1-3-17-9(16)6-7(2)15-5-4-8(14-15)10(11,12)13/h4-5,7H,3,6H2,1-2H3/t7-/m0/s1. The lowest BCUT2D eigenvalue weighted by molar-refractivity contribution is -0.144. The average molecular weight is 250 g/mol. The molecule has 0 aliphatic heterocycles. The van der Waals surface area contributed by atoms with Crippen LogP contribution < -0.4 is 0 Å². The van der Waals surface area contributed by atoms with Crippen LogP contribution in [0.4, 0.5) is 13.2 Å². The van der Waals surface area contributed by atoms with Crippen LogP contribution in [-0.4, -0.2) is 22.4 Å². The molecule has 96 valence electrons. The van der Waals surface area contributed by atoms with E-state index in [-0.39, 0.29) is 13.0 Å². The number of esters is 1. The maximum atomic E-state index is 12.3. The molecule has 1 aromatic heterocycles. The van der Waals surface area contributed by atoms with Gasteiger partial charge in [0.2, 0.25) is 0 Å². The maximum Gasteiger partial charge on any atom is 0.435 e. The summed E-state index contributed by atoms with van der Waals surface area (Å²) in [7, 11) is 0. The fourth-order valence-corrected chi connectivity index (χ4v) is 1.29. The van der Waals surface area contributed by atoms with Crippen LogP contribution in [0.25, 0.3) is 0 Å². The summed E-state index contributed by atoms with van der Waals surface area (Å²) in [5.74, 6) is -0.455. The Balaban J connectivity index is 2.67. The molecule has 0 saturated carbocycles. The fourth-order valence-electron chi connectivity index (χ4n) is 1.29. The minimum absolute atomic E-state index is 0.00713. The number of ether oxygens (including phenoxy) is 1. The van der Waals surface area contributed by atoms with E-state index in [0.29, 0.717) is 0 Å². The van der Waals surface area contributed by atoms with Gasteiger partial charge in [0.25, 0.3) is 0 Å². The van der Waals surface area contributed by atoms with E-state index in [9.17, 15) is 18.0 Å². The normalized spacial score (nSPS) is 13.5. The van der Waals surface area contributed by atoms with Crippen LogP contribution in [0.5, 0.6) is 0 Å². The van der Waals surface area contributed by atoms with Crippen molar-refractivity contribution in [3.05, 3.63) is 18.0 Å². The monoisotopic (exact) mass is 250 g/mol. The number of carbonyl (C=O) groups excluding carboxylic acids is 1. The molecule has 0 saturated heterocycles. The molecule has 0 radical (unpaired) electrons. The summed E-state index contributed by atoms with van der Waals surface area (Å²) in [6, 6.07) is 0.409. The molecule has 0 aliphatic rings. The molecule has 0 N–H and O–H groups in total. The summed E-state index contributed by atoms with van der Waals surface area (Å²) < 4.78 is 42.7. The second-order valence-corrected chi connectivity index (χ2v) is 3.54. The lowest BCUT2D eigenvalue weighted by atomic mass is 10.2. The molecule has 1 heterocycles. The van der Waals surface area contributed by atoms with Crippen molar-refractivity contribution in [1.82, 2.24) is 9.78 Å². The lowest BCUT2D eigenvalue weighted by Crippen LogP contribution is -2.15. The summed E-state index contributed by atoms with van der Waals surface area (Å²) in [5, 5.41) is 3.38. The number of carbonyl (C=O) groups is 1. The highest BCUT2D eigenvalue weighted by Crippen LogP contribution is 2.28.